The zero-order valence-corrected chi connectivity index (χ0v) is 13.0. The van der Waals surface area contributed by atoms with Crippen molar-refractivity contribution in [3.05, 3.63) is 50.7 Å². The van der Waals surface area contributed by atoms with Crippen LogP contribution < -0.4 is 10.1 Å². The molecule has 0 bridgehead atoms. The van der Waals surface area contributed by atoms with Crippen molar-refractivity contribution in [2.45, 2.75) is 26.8 Å². The lowest BCUT2D eigenvalue weighted by atomic mass is 9.97. The molecule has 19 heavy (non-hydrogen) atoms. The van der Waals surface area contributed by atoms with Crippen molar-refractivity contribution in [2.75, 3.05) is 14.2 Å². The SMILES string of the molecule is CNC(c1cc(C)ccc1OC)c1cc(C)sc1C. The van der Waals surface area contributed by atoms with Gasteiger partial charge in [0.15, 0.2) is 0 Å². The number of aryl methyl sites for hydroxylation is 3. The summed E-state index contributed by atoms with van der Waals surface area (Å²) in [5.41, 5.74) is 3.79. The van der Waals surface area contributed by atoms with E-state index in [0.717, 1.165) is 5.75 Å². The van der Waals surface area contributed by atoms with Crippen molar-refractivity contribution in [3.63, 3.8) is 0 Å². The van der Waals surface area contributed by atoms with Gasteiger partial charge in [-0.15, -0.1) is 11.3 Å². The topological polar surface area (TPSA) is 21.3 Å². The number of hydrogen-bond donors (Lipinski definition) is 1. The van der Waals surface area contributed by atoms with E-state index in [9.17, 15) is 0 Å². The highest BCUT2D eigenvalue weighted by Gasteiger charge is 2.20. The minimum Gasteiger partial charge on any atom is -0.496 e. The summed E-state index contributed by atoms with van der Waals surface area (Å²) in [5.74, 6) is 0.938. The van der Waals surface area contributed by atoms with Crippen LogP contribution in [-0.4, -0.2) is 14.2 Å². The fourth-order valence-corrected chi connectivity index (χ4v) is 3.46. The summed E-state index contributed by atoms with van der Waals surface area (Å²) in [6.45, 7) is 6.45. The fraction of sp³-hybridized carbons (Fsp3) is 0.375. The lowest BCUT2D eigenvalue weighted by molar-refractivity contribution is 0.405. The Morgan fingerprint density at radius 3 is 2.37 bits per heavy atom. The molecule has 0 radical (unpaired) electrons. The van der Waals surface area contributed by atoms with Crippen LogP contribution in [0.15, 0.2) is 24.3 Å². The molecule has 3 heteroatoms. The molecule has 1 N–H and O–H groups in total. The van der Waals surface area contributed by atoms with Crippen molar-refractivity contribution in [3.8, 4) is 5.75 Å². The second kappa shape index (κ2) is 5.76. The first-order chi connectivity index (χ1) is 9.06. The second-order valence-corrected chi connectivity index (χ2v) is 6.30. The Labute approximate surface area is 119 Å². The molecule has 0 aliphatic carbocycles. The number of thiophene rings is 1. The van der Waals surface area contributed by atoms with E-state index in [-0.39, 0.29) is 6.04 Å². The maximum absolute atomic E-state index is 5.51. The van der Waals surface area contributed by atoms with E-state index in [1.165, 1.54) is 26.4 Å². The highest BCUT2D eigenvalue weighted by atomic mass is 32.1. The molecule has 0 amide bonds. The van der Waals surface area contributed by atoms with Crippen molar-refractivity contribution >= 4 is 11.3 Å². The first-order valence-electron chi connectivity index (χ1n) is 6.45. The normalized spacial score (nSPS) is 12.5. The third-order valence-electron chi connectivity index (χ3n) is 3.38. The molecule has 2 rings (SSSR count). The summed E-state index contributed by atoms with van der Waals surface area (Å²) in [4.78, 5) is 2.71. The predicted molar refractivity (Wildman–Crippen MR) is 82.4 cm³/mol. The molecule has 2 aromatic rings. The van der Waals surface area contributed by atoms with Gasteiger partial charge in [-0.05, 0) is 45.5 Å². The van der Waals surface area contributed by atoms with Crippen LogP contribution in [0, 0.1) is 20.8 Å². The quantitative estimate of drug-likeness (QED) is 0.911. The number of nitrogens with one attached hydrogen (secondary N) is 1. The third-order valence-corrected chi connectivity index (χ3v) is 4.36. The number of ether oxygens (including phenoxy) is 1. The lowest BCUT2D eigenvalue weighted by Crippen LogP contribution is -2.18. The van der Waals surface area contributed by atoms with E-state index < -0.39 is 0 Å². The lowest BCUT2D eigenvalue weighted by Gasteiger charge is -2.20. The van der Waals surface area contributed by atoms with Gasteiger partial charge in [-0.25, -0.2) is 0 Å². The average Bonchev–Trinajstić information content (AvgIpc) is 2.70. The van der Waals surface area contributed by atoms with Gasteiger partial charge in [-0.2, -0.15) is 0 Å². The second-order valence-electron chi connectivity index (χ2n) is 4.84. The average molecular weight is 275 g/mol. The Kier molecular flexibility index (Phi) is 4.27. The summed E-state index contributed by atoms with van der Waals surface area (Å²) < 4.78 is 5.51. The Bertz CT molecular complexity index is 574. The Morgan fingerprint density at radius 2 is 1.84 bits per heavy atom. The van der Waals surface area contributed by atoms with Gasteiger partial charge in [-0.1, -0.05) is 17.7 Å². The Morgan fingerprint density at radius 1 is 1.11 bits per heavy atom. The number of hydrogen-bond acceptors (Lipinski definition) is 3. The third kappa shape index (κ3) is 2.82. The maximum atomic E-state index is 5.51. The highest BCUT2D eigenvalue weighted by molar-refractivity contribution is 7.12. The van der Waals surface area contributed by atoms with E-state index in [2.05, 4.69) is 44.3 Å². The first-order valence-corrected chi connectivity index (χ1v) is 7.27. The summed E-state index contributed by atoms with van der Waals surface area (Å²) in [7, 11) is 3.73. The molecule has 0 aliphatic heterocycles. The van der Waals surface area contributed by atoms with Crippen LogP contribution in [0.4, 0.5) is 0 Å². The van der Waals surface area contributed by atoms with Gasteiger partial charge in [-0.3, -0.25) is 0 Å². The molecule has 1 unspecified atom stereocenters. The summed E-state index contributed by atoms with van der Waals surface area (Å²) >= 11 is 1.84. The predicted octanol–water partition coefficient (Wildman–Crippen LogP) is 3.99. The van der Waals surface area contributed by atoms with E-state index in [0.29, 0.717) is 0 Å². The molecule has 2 nitrogen and oxygen atoms in total. The van der Waals surface area contributed by atoms with Gasteiger partial charge in [0.25, 0.3) is 0 Å². The zero-order chi connectivity index (χ0) is 14.0. The van der Waals surface area contributed by atoms with E-state index in [1.54, 1.807) is 7.11 Å². The van der Waals surface area contributed by atoms with Crippen molar-refractivity contribution < 1.29 is 4.74 Å². The molecule has 1 aromatic carbocycles. The molecule has 0 spiro atoms. The molecular formula is C16H21NOS. The van der Waals surface area contributed by atoms with E-state index in [4.69, 9.17) is 4.74 Å². The van der Waals surface area contributed by atoms with Crippen LogP contribution in [0.5, 0.6) is 5.75 Å². The van der Waals surface area contributed by atoms with Gasteiger partial charge >= 0.3 is 0 Å². The molecule has 0 saturated heterocycles. The van der Waals surface area contributed by atoms with Crippen molar-refractivity contribution in [2.24, 2.45) is 0 Å². The van der Waals surface area contributed by atoms with Crippen LogP contribution in [0.3, 0.4) is 0 Å². The van der Waals surface area contributed by atoms with Gasteiger partial charge in [0, 0.05) is 15.3 Å². The monoisotopic (exact) mass is 275 g/mol. The molecule has 0 aliphatic rings. The zero-order valence-electron chi connectivity index (χ0n) is 12.2. The molecule has 0 saturated carbocycles. The van der Waals surface area contributed by atoms with Crippen LogP contribution >= 0.6 is 11.3 Å². The molecule has 102 valence electrons. The maximum Gasteiger partial charge on any atom is 0.123 e. The number of rotatable bonds is 4. The molecule has 1 atom stereocenters. The number of benzene rings is 1. The molecule has 1 heterocycles. The molecule has 0 fully saturated rings. The summed E-state index contributed by atoms with van der Waals surface area (Å²) in [6, 6.07) is 8.78. The van der Waals surface area contributed by atoms with Crippen molar-refractivity contribution in [1.29, 1.82) is 0 Å². The minimum absolute atomic E-state index is 0.180. The van der Waals surface area contributed by atoms with Crippen molar-refractivity contribution in [1.82, 2.24) is 5.32 Å². The summed E-state index contributed by atoms with van der Waals surface area (Å²) in [6.07, 6.45) is 0. The molecule has 1 aromatic heterocycles. The fourth-order valence-electron chi connectivity index (χ4n) is 2.49. The van der Waals surface area contributed by atoms with E-state index >= 15 is 0 Å². The Balaban J connectivity index is 2.53. The smallest absolute Gasteiger partial charge is 0.123 e. The van der Waals surface area contributed by atoms with Gasteiger partial charge in [0.1, 0.15) is 5.75 Å². The largest absolute Gasteiger partial charge is 0.496 e. The van der Waals surface area contributed by atoms with Crippen LogP contribution in [0.1, 0.15) is 32.5 Å². The van der Waals surface area contributed by atoms with Crippen LogP contribution in [0.25, 0.3) is 0 Å². The first kappa shape index (κ1) is 14.1. The number of methoxy groups -OCH3 is 1. The van der Waals surface area contributed by atoms with Crippen LogP contribution in [0.2, 0.25) is 0 Å². The Hall–Kier alpha value is -1.32. The minimum atomic E-state index is 0.180. The van der Waals surface area contributed by atoms with E-state index in [1.807, 2.05) is 24.5 Å². The van der Waals surface area contributed by atoms with Gasteiger partial charge in [0.05, 0.1) is 13.2 Å². The highest BCUT2D eigenvalue weighted by Crippen LogP contribution is 2.35. The van der Waals surface area contributed by atoms with Crippen LogP contribution in [-0.2, 0) is 0 Å². The van der Waals surface area contributed by atoms with Gasteiger partial charge < -0.3 is 10.1 Å². The standard InChI is InChI=1S/C16H21NOS/c1-10-6-7-15(18-5)14(8-10)16(17-4)13-9-11(2)19-12(13)3/h6-9,16-17H,1-5H3. The van der Waals surface area contributed by atoms with Gasteiger partial charge in [0.2, 0.25) is 0 Å². The molecular weight excluding hydrogens is 254 g/mol. The summed E-state index contributed by atoms with van der Waals surface area (Å²) in [5, 5.41) is 3.42.